The number of Topliss-reactive ketones (excluding diaryl/α,β-unsaturated/α-hetero) is 2. The largest absolute Gasteiger partial charge is 0.365 e. The zero-order valence-corrected chi connectivity index (χ0v) is 18.2. The summed E-state index contributed by atoms with van der Waals surface area (Å²) in [7, 11) is 0. The van der Waals surface area contributed by atoms with Crippen molar-refractivity contribution in [3.63, 3.8) is 0 Å². The Morgan fingerprint density at radius 3 is 2.12 bits per heavy atom. The molecule has 0 aromatic carbocycles. The third kappa shape index (κ3) is 5.06. The Hall–Kier alpha value is -0.960. The fourth-order valence-electron chi connectivity index (χ4n) is 4.65. The van der Waals surface area contributed by atoms with Gasteiger partial charge in [0, 0.05) is 30.6 Å². The first-order chi connectivity index (χ1) is 12.2. The number of ketones is 2. The van der Waals surface area contributed by atoms with Crippen LogP contribution in [0, 0.1) is 29.6 Å². The van der Waals surface area contributed by atoms with Crippen LogP contribution in [0.15, 0.2) is 12.2 Å². The van der Waals surface area contributed by atoms with E-state index in [0.29, 0.717) is 24.5 Å². The predicted molar refractivity (Wildman–Crippen MR) is 108 cm³/mol. The first-order valence-electron chi connectivity index (χ1n) is 10.5. The molecule has 1 aliphatic heterocycles. The average molecular weight is 365 g/mol. The van der Waals surface area contributed by atoms with Crippen molar-refractivity contribution in [2.75, 3.05) is 0 Å². The number of carbonyl (C=O) groups excluding carboxylic acids is 2. The molecule has 0 aromatic heterocycles. The van der Waals surface area contributed by atoms with Gasteiger partial charge in [0.15, 0.2) is 0 Å². The molecule has 0 saturated carbocycles. The van der Waals surface area contributed by atoms with Gasteiger partial charge in [0.05, 0.1) is 11.7 Å². The van der Waals surface area contributed by atoms with E-state index >= 15 is 0 Å². The van der Waals surface area contributed by atoms with Crippen LogP contribution in [0.5, 0.6) is 0 Å². The molecule has 1 aliphatic rings. The van der Waals surface area contributed by atoms with E-state index in [4.69, 9.17) is 4.74 Å². The summed E-state index contributed by atoms with van der Waals surface area (Å²) >= 11 is 0. The van der Waals surface area contributed by atoms with Crippen LogP contribution in [-0.2, 0) is 14.3 Å². The van der Waals surface area contributed by atoms with Crippen molar-refractivity contribution in [1.82, 2.24) is 0 Å². The smallest absolute Gasteiger partial charge is 0.139 e. The molecule has 0 spiro atoms. The molecule has 7 unspecified atom stereocenters. The summed E-state index contributed by atoms with van der Waals surface area (Å²) in [6.07, 6.45) is 7.14. The van der Waals surface area contributed by atoms with Crippen molar-refractivity contribution in [3.05, 3.63) is 12.2 Å². The van der Waals surface area contributed by atoms with E-state index in [1.54, 1.807) is 0 Å². The first kappa shape index (κ1) is 23.1. The highest BCUT2D eigenvalue weighted by Crippen LogP contribution is 2.50. The summed E-state index contributed by atoms with van der Waals surface area (Å²) in [6, 6.07) is 0. The Bertz CT molecular complexity index is 510. The minimum Gasteiger partial charge on any atom is -0.365 e. The lowest BCUT2D eigenvalue weighted by Crippen LogP contribution is -2.38. The number of carbonyl (C=O) groups is 2. The molecule has 1 saturated heterocycles. The molecule has 0 N–H and O–H groups in total. The lowest BCUT2D eigenvalue weighted by atomic mass is 9.71. The second kappa shape index (κ2) is 9.82. The van der Waals surface area contributed by atoms with E-state index in [1.165, 1.54) is 0 Å². The molecule has 1 fully saturated rings. The van der Waals surface area contributed by atoms with Gasteiger partial charge in [-0.05, 0) is 38.5 Å². The van der Waals surface area contributed by atoms with Crippen LogP contribution in [-0.4, -0.2) is 23.3 Å². The number of allylic oxidation sites excluding steroid dienone is 1. The minimum atomic E-state index is -0.226. The molecule has 0 aliphatic carbocycles. The van der Waals surface area contributed by atoms with E-state index < -0.39 is 0 Å². The van der Waals surface area contributed by atoms with Gasteiger partial charge in [-0.2, -0.15) is 0 Å². The molecule has 1 heterocycles. The number of rotatable bonds is 12. The highest BCUT2D eigenvalue weighted by atomic mass is 16.6. The summed E-state index contributed by atoms with van der Waals surface area (Å²) in [5.41, 5.74) is -0.226. The normalized spacial score (nSPS) is 28.4. The SMILES string of the molecule is C/C=C\C(C)C1OC1(C)C(C)C(CC)C(=O)C(CC)C(C)CC(=O)CC. The van der Waals surface area contributed by atoms with Gasteiger partial charge in [-0.25, -0.2) is 0 Å². The predicted octanol–water partition coefficient (Wildman–Crippen LogP) is 5.62. The quantitative estimate of drug-likeness (QED) is 0.333. The fourth-order valence-corrected chi connectivity index (χ4v) is 4.65. The van der Waals surface area contributed by atoms with Gasteiger partial charge in [-0.1, -0.05) is 53.7 Å². The first-order valence-corrected chi connectivity index (χ1v) is 10.5. The lowest BCUT2D eigenvalue weighted by Gasteiger charge is -2.31. The van der Waals surface area contributed by atoms with Gasteiger partial charge in [0.1, 0.15) is 11.6 Å². The van der Waals surface area contributed by atoms with E-state index in [1.807, 2.05) is 13.8 Å². The Morgan fingerprint density at radius 1 is 1.08 bits per heavy atom. The number of hydrogen-bond donors (Lipinski definition) is 0. The van der Waals surface area contributed by atoms with Crippen molar-refractivity contribution in [2.45, 2.75) is 92.8 Å². The molecule has 3 heteroatoms. The molecule has 0 bridgehead atoms. The van der Waals surface area contributed by atoms with Crippen molar-refractivity contribution in [2.24, 2.45) is 29.6 Å². The molecular weight excluding hydrogens is 324 g/mol. The molecular formula is C23H40O3. The fraction of sp³-hybridized carbons (Fsp3) is 0.826. The summed E-state index contributed by atoms with van der Waals surface area (Å²) in [5.74, 6) is 1.20. The summed E-state index contributed by atoms with van der Waals surface area (Å²) in [4.78, 5) is 25.2. The van der Waals surface area contributed by atoms with Gasteiger partial charge in [-0.3, -0.25) is 9.59 Å². The van der Waals surface area contributed by atoms with Gasteiger partial charge in [0.2, 0.25) is 0 Å². The minimum absolute atomic E-state index is 0.00747. The average Bonchev–Trinajstić information content (AvgIpc) is 3.29. The van der Waals surface area contributed by atoms with E-state index in [9.17, 15) is 9.59 Å². The number of hydrogen-bond acceptors (Lipinski definition) is 3. The zero-order valence-electron chi connectivity index (χ0n) is 18.2. The Labute approximate surface area is 161 Å². The lowest BCUT2D eigenvalue weighted by molar-refractivity contribution is -0.131. The second-order valence-electron chi connectivity index (χ2n) is 8.40. The molecule has 0 aromatic rings. The molecule has 26 heavy (non-hydrogen) atoms. The molecule has 1 rings (SSSR count). The van der Waals surface area contributed by atoms with Crippen LogP contribution in [0.1, 0.15) is 81.1 Å². The van der Waals surface area contributed by atoms with Crippen LogP contribution in [0.4, 0.5) is 0 Å². The molecule has 7 atom stereocenters. The third-order valence-electron chi connectivity index (χ3n) is 6.61. The highest BCUT2D eigenvalue weighted by molar-refractivity contribution is 5.85. The molecule has 3 nitrogen and oxygen atoms in total. The Morgan fingerprint density at radius 2 is 1.65 bits per heavy atom. The number of ether oxygens (including phenoxy) is 1. The second-order valence-corrected chi connectivity index (χ2v) is 8.40. The van der Waals surface area contributed by atoms with Crippen molar-refractivity contribution >= 4 is 11.6 Å². The van der Waals surface area contributed by atoms with Gasteiger partial charge < -0.3 is 4.74 Å². The van der Waals surface area contributed by atoms with Crippen LogP contribution in [0.2, 0.25) is 0 Å². The maximum absolute atomic E-state index is 13.4. The summed E-state index contributed by atoms with van der Waals surface area (Å²) < 4.78 is 6.11. The van der Waals surface area contributed by atoms with Crippen LogP contribution < -0.4 is 0 Å². The molecule has 0 amide bonds. The molecule has 0 radical (unpaired) electrons. The maximum Gasteiger partial charge on any atom is 0.139 e. The van der Waals surface area contributed by atoms with Crippen LogP contribution >= 0.6 is 0 Å². The molecule has 150 valence electrons. The number of epoxide rings is 1. The standard InChI is InChI=1S/C23H40O3/c1-9-13-15(5)22-23(8,26-22)17(7)20(12-4)21(25)19(11-3)16(6)14-18(24)10-2/h9,13,15-17,19-20,22H,10-12,14H2,1-8H3/b13-9-. The third-order valence-corrected chi connectivity index (χ3v) is 6.61. The maximum atomic E-state index is 13.4. The van der Waals surface area contributed by atoms with E-state index in [-0.39, 0.29) is 41.2 Å². The summed E-state index contributed by atoms with van der Waals surface area (Å²) in [5, 5.41) is 0. The van der Waals surface area contributed by atoms with Crippen LogP contribution in [0.3, 0.4) is 0 Å². The topological polar surface area (TPSA) is 46.7 Å². The van der Waals surface area contributed by atoms with Crippen molar-refractivity contribution in [1.29, 1.82) is 0 Å². The van der Waals surface area contributed by atoms with E-state index in [2.05, 4.69) is 53.7 Å². The monoisotopic (exact) mass is 364 g/mol. The Balaban J connectivity index is 2.88. The van der Waals surface area contributed by atoms with E-state index in [0.717, 1.165) is 12.8 Å². The van der Waals surface area contributed by atoms with Crippen molar-refractivity contribution < 1.29 is 14.3 Å². The van der Waals surface area contributed by atoms with Gasteiger partial charge in [0.25, 0.3) is 0 Å². The van der Waals surface area contributed by atoms with Crippen LogP contribution in [0.25, 0.3) is 0 Å². The van der Waals surface area contributed by atoms with Gasteiger partial charge in [-0.15, -0.1) is 0 Å². The zero-order chi connectivity index (χ0) is 20.1. The Kier molecular flexibility index (Phi) is 8.72. The summed E-state index contributed by atoms with van der Waals surface area (Å²) in [6.45, 7) is 16.7. The van der Waals surface area contributed by atoms with Crippen molar-refractivity contribution in [3.8, 4) is 0 Å². The van der Waals surface area contributed by atoms with Gasteiger partial charge >= 0.3 is 0 Å². The highest BCUT2D eigenvalue weighted by Gasteiger charge is 2.59.